The molecule has 138 valence electrons. The van der Waals surface area contributed by atoms with Gasteiger partial charge in [-0.25, -0.2) is 4.98 Å². The van der Waals surface area contributed by atoms with E-state index in [2.05, 4.69) is 31.1 Å². The van der Waals surface area contributed by atoms with Gasteiger partial charge in [0.25, 0.3) is 5.91 Å². The monoisotopic (exact) mass is 371 g/mol. The van der Waals surface area contributed by atoms with Crippen LogP contribution in [0.3, 0.4) is 0 Å². The number of piperidine rings is 1. The molecule has 6 heteroatoms. The lowest BCUT2D eigenvalue weighted by Crippen LogP contribution is -2.41. The molecule has 0 bridgehead atoms. The highest BCUT2D eigenvalue weighted by Crippen LogP contribution is 2.24. The topological polar surface area (TPSA) is 62.3 Å². The number of hydrogen-bond donors (Lipinski definition) is 1. The van der Waals surface area contributed by atoms with Gasteiger partial charge >= 0.3 is 0 Å². The van der Waals surface area contributed by atoms with Crippen LogP contribution in [0.5, 0.6) is 0 Å². The fourth-order valence-corrected chi connectivity index (χ4v) is 3.66. The molecule has 2 amide bonds. The Morgan fingerprint density at radius 1 is 1.15 bits per heavy atom. The SMILES string of the molecule is CC(C)(C)c1ccc(C(=O)N2CCC(C(=O)Nc3nccs3)CC2)cc1. The molecule has 2 aromatic rings. The molecule has 1 fully saturated rings. The number of nitrogens with zero attached hydrogens (tertiary/aromatic N) is 2. The van der Waals surface area contributed by atoms with E-state index in [1.165, 1.54) is 16.9 Å². The van der Waals surface area contributed by atoms with Crippen molar-refractivity contribution in [1.29, 1.82) is 0 Å². The van der Waals surface area contributed by atoms with Gasteiger partial charge in [-0.2, -0.15) is 0 Å². The van der Waals surface area contributed by atoms with Gasteiger partial charge in [0.05, 0.1) is 0 Å². The molecule has 1 aliphatic rings. The second-order valence-corrected chi connectivity index (χ2v) is 8.61. The Labute approximate surface area is 158 Å². The van der Waals surface area contributed by atoms with Crippen LogP contribution >= 0.6 is 11.3 Å². The number of amides is 2. The average Bonchev–Trinajstić information content (AvgIpc) is 3.13. The second-order valence-electron chi connectivity index (χ2n) is 7.72. The highest BCUT2D eigenvalue weighted by Gasteiger charge is 2.28. The summed E-state index contributed by atoms with van der Waals surface area (Å²) < 4.78 is 0. The number of nitrogens with one attached hydrogen (secondary N) is 1. The van der Waals surface area contributed by atoms with E-state index in [0.717, 1.165) is 0 Å². The molecule has 5 nitrogen and oxygen atoms in total. The van der Waals surface area contributed by atoms with Crippen LogP contribution in [-0.2, 0) is 10.2 Å². The molecule has 0 atom stereocenters. The number of thiazole rings is 1. The van der Waals surface area contributed by atoms with Gasteiger partial charge in [-0.3, -0.25) is 9.59 Å². The zero-order valence-corrected chi connectivity index (χ0v) is 16.3. The first-order valence-electron chi connectivity index (χ1n) is 8.95. The van der Waals surface area contributed by atoms with Crippen LogP contribution in [0.1, 0.15) is 49.5 Å². The molecule has 1 N–H and O–H groups in total. The van der Waals surface area contributed by atoms with E-state index < -0.39 is 0 Å². The molecule has 26 heavy (non-hydrogen) atoms. The van der Waals surface area contributed by atoms with Crippen molar-refractivity contribution in [2.45, 2.75) is 39.0 Å². The molecular weight excluding hydrogens is 346 g/mol. The van der Waals surface area contributed by atoms with Gasteiger partial charge in [0.15, 0.2) is 5.13 Å². The van der Waals surface area contributed by atoms with E-state index in [1.54, 1.807) is 6.20 Å². The Hall–Kier alpha value is -2.21. The maximum atomic E-state index is 12.7. The van der Waals surface area contributed by atoms with Gasteiger partial charge in [-0.15, -0.1) is 11.3 Å². The first kappa shape index (κ1) is 18.6. The zero-order valence-electron chi connectivity index (χ0n) is 15.5. The fourth-order valence-electron chi connectivity index (χ4n) is 3.13. The Kier molecular flexibility index (Phi) is 5.41. The maximum absolute atomic E-state index is 12.7. The largest absolute Gasteiger partial charge is 0.339 e. The van der Waals surface area contributed by atoms with Crippen molar-refractivity contribution in [3.63, 3.8) is 0 Å². The minimum absolute atomic E-state index is 0.00146. The molecule has 0 spiro atoms. The second kappa shape index (κ2) is 7.58. The van der Waals surface area contributed by atoms with Crippen LogP contribution in [-0.4, -0.2) is 34.8 Å². The molecule has 0 unspecified atom stereocenters. The molecule has 1 saturated heterocycles. The van der Waals surface area contributed by atoms with Crippen molar-refractivity contribution < 1.29 is 9.59 Å². The summed E-state index contributed by atoms with van der Waals surface area (Å²) in [6.07, 6.45) is 3.04. The van der Waals surface area contributed by atoms with Crippen LogP contribution in [0.15, 0.2) is 35.8 Å². The zero-order chi connectivity index (χ0) is 18.7. The van der Waals surface area contributed by atoms with E-state index in [4.69, 9.17) is 0 Å². The van der Waals surface area contributed by atoms with Gasteiger partial charge < -0.3 is 10.2 Å². The van der Waals surface area contributed by atoms with E-state index in [1.807, 2.05) is 34.5 Å². The summed E-state index contributed by atoms with van der Waals surface area (Å²) in [5.41, 5.74) is 2.00. The first-order chi connectivity index (χ1) is 12.3. The van der Waals surface area contributed by atoms with Crippen molar-refractivity contribution >= 4 is 28.3 Å². The summed E-state index contributed by atoms with van der Waals surface area (Å²) in [5, 5.41) is 5.32. The molecule has 0 saturated carbocycles. The Bertz CT molecular complexity index is 755. The van der Waals surface area contributed by atoms with Crippen LogP contribution in [0, 0.1) is 5.92 Å². The van der Waals surface area contributed by atoms with Crippen LogP contribution in [0.2, 0.25) is 0 Å². The van der Waals surface area contributed by atoms with Crippen molar-refractivity contribution in [1.82, 2.24) is 9.88 Å². The third-order valence-electron chi connectivity index (χ3n) is 4.81. The molecule has 2 heterocycles. The lowest BCUT2D eigenvalue weighted by Gasteiger charge is -2.31. The number of carbonyl (C=O) groups excluding carboxylic acids is 2. The Balaban J connectivity index is 1.55. The van der Waals surface area contributed by atoms with Gasteiger partial charge in [-0.1, -0.05) is 32.9 Å². The number of hydrogen-bond acceptors (Lipinski definition) is 4. The molecule has 3 rings (SSSR count). The Morgan fingerprint density at radius 3 is 2.35 bits per heavy atom. The van der Waals surface area contributed by atoms with Crippen LogP contribution in [0.4, 0.5) is 5.13 Å². The van der Waals surface area contributed by atoms with E-state index in [-0.39, 0.29) is 23.1 Å². The Morgan fingerprint density at radius 2 is 1.81 bits per heavy atom. The van der Waals surface area contributed by atoms with Gasteiger partial charge in [0.1, 0.15) is 0 Å². The highest BCUT2D eigenvalue weighted by molar-refractivity contribution is 7.13. The predicted octanol–water partition coefficient (Wildman–Crippen LogP) is 3.93. The number of aromatic nitrogens is 1. The average molecular weight is 372 g/mol. The lowest BCUT2D eigenvalue weighted by atomic mass is 9.86. The van der Waals surface area contributed by atoms with Crippen molar-refractivity contribution in [3.8, 4) is 0 Å². The van der Waals surface area contributed by atoms with Crippen LogP contribution < -0.4 is 5.32 Å². The molecule has 1 aliphatic heterocycles. The number of anilines is 1. The smallest absolute Gasteiger partial charge is 0.253 e. The van der Waals surface area contributed by atoms with Crippen LogP contribution in [0.25, 0.3) is 0 Å². The molecule has 0 aliphatic carbocycles. The minimum atomic E-state index is -0.0637. The number of benzene rings is 1. The number of likely N-dealkylation sites (tertiary alicyclic amines) is 1. The van der Waals surface area contributed by atoms with Crippen molar-refractivity contribution in [2.24, 2.45) is 5.92 Å². The quantitative estimate of drug-likeness (QED) is 0.889. The van der Waals surface area contributed by atoms with Gasteiger partial charge in [0, 0.05) is 36.1 Å². The van der Waals surface area contributed by atoms with Crippen molar-refractivity contribution in [3.05, 3.63) is 47.0 Å². The summed E-state index contributed by atoms with van der Waals surface area (Å²) in [6, 6.07) is 7.87. The van der Waals surface area contributed by atoms with Crippen molar-refractivity contribution in [2.75, 3.05) is 18.4 Å². The van der Waals surface area contributed by atoms with Gasteiger partial charge in [0.2, 0.25) is 5.91 Å². The molecular formula is C20H25N3O2S. The summed E-state index contributed by atoms with van der Waals surface area (Å²) in [7, 11) is 0. The predicted molar refractivity (Wildman–Crippen MR) is 105 cm³/mol. The summed E-state index contributed by atoms with van der Waals surface area (Å²) in [5.74, 6) is -0.0166. The first-order valence-corrected chi connectivity index (χ1v) is 9.83. The fraction of sp³-hybridized carbons (Fsp3) is 0.450. The normalized spacial score (nSPS) is 15.7. The van der Waals surface area contributed by atoms with Gasteiger partial charge in [-0.05, 0) is 36.0 Å². The highest BCUT2D eigenvalue weighted by atomic mass is 32.1. The third-order valence-corrected chi connectivity index (χ3v) is 5.50. The summed E-state index contributed by atoms with van der Waals surface area (Å²) in [6.45, 7) is 7.69. The standard InChI is InChI=1S/C20H25N3O2S/c1-20(2,3)16-6-4-15(5-7-16)18(25)23-11-8-14(9-12-23)17(24)22-19-21-10-13-26-19/h4-7,10,13-14H,8-9,11-12H2,1-3H3,(H,21,22,24). The molecule has 1 aromatic carbocycles. The summed E-state index contributed by atoms with van der Waals surface area (Å²) in [4.78, 5) is 30.9. The number of rotatable bonds is 3. The number of carbonyl (C=O) groups is 2. The third kappa shape index (κ3) is 4.30. The maximum Gasteiger partial charge on any atom is 0.253 e. The van der Waals surface area contributed by atoms with E-state index in [0.29, 0.717) is 36.6 Å². The van der Waals surface area contributed by atoms with E-state index >= 15 is 0 Å². The lowest BCUT2D eigenvalue weighted by molar-refractivity contribution is -0.121. The summed E-state index contributed by atoms with van der Waals surface area (Å²) >= 11 is 1.41. The molecule has 0 radical (unpaired) electrons. The van der Waals surface area contributed by atoms with E-state index in [9.17, 15) is 9.59 Å². The minimum Gasteiger partial charge on any atom is -0.339 e. The molecule has 1 aromatic heterocycles.